The summed E-state index contributed by atoms with van der Waals surface area (Å²) in [5, 5.41) is 0. The van der Waals surface area contributed by atoms with E-state index in [9.17, 15) is 0 Å². The molecular formula is C32H24AsF3O. The van der Waals surface area contributed by atoms with Crippen molar-refractivity contribution < 1.29 is 16.9 Å². The molecule has 1 nitrogen and oxygen atoms in total. The quantitative estimate of drug-likeness (QED) is 0.272. The van der Waals surface area contributed by atoms with Gasteiger partial charge in [0.1, 0.15) is 0 Å². The van der Waals surface area contributed by atoms with Gasteiger partial charge in [0.05, 0.1) is 0 Å². The molecule has 0 N–H and O–H groups in total. The van der Waals surface area contributed by atoms with Gasteiger partial charge in [-0.05, 0) is 0 Å². The van der Waals surface area contributed by atoms with Crippen LogP contribution in [0, 0.1) is 0 Å². The molecule has 0 saturated carbocycles. The molecule has 37 heavy (non-hydrogen) atoms. The topological polar surface area (TPSA) is 9.23 Å². The van der Waals surface area contributed by atoms with Gasteiger partial charge in [-0.15, -0.1) is 0 Å². The summed E-state index contributed by atoms with van der Waals surface area (Å²) in [4.78, 5) is 0. The number of hydrogen-bond donors (Lipinski definition) is 0. The number of alkyl halides is 3. The second-order valence-corrected chi connectivity index (χ2v) is 18.2. The third-order valence-corrected chi connectivity index (χ3v) is 19.6. The van der Waals surface area contributed by atoms with Gasteiger partial charge in [0.2, 0.25) is 0 Å². The molecule has 0 saturated heterocycles. The first-order valence-electron chi connectivity index (χ1n) is 12.1. The fourth-order valence-electron chi connectivity index (χ4n) is 5.92. The van der Waals surface area contributed by atoms with Crippen LogP contribution < -0.4 is 17.4 Å². The molecule has 0 aliphatic carbocycles. The van der Waals surface area contributed by atoms with Crippen LogP contribution in [0.15, 0.2) is 146 Å². The van der Waals surface area contributed by atoms with Crippen LogP contribution in [-0.4, -0.2) is 19.0 Å². The maximum absolute atomic E-state index is 15.7. The molecule has 5 aromatic rings. The Labute approximate surface area is 215 Å². The van der Waals surface area contributed by atoms with E-state index in [4.69, 9.17) is 3.73 Å². The number of benzene rings is 5. The third kappa shape index (κ3) is 3.03. The molecule has 0 fully saturated rings. The molecule has 5 heteroatoms. The van der Waals surface area contributed by atoms with Crippen LogP contribution in [0.3, 0.4) is 0 Å². The van der Waals surface area contributed by atoms with E-state index in [2.05, 4.69) is 0 Å². The number of fused-ring (bicyclic) bond motifs is 1. The Morgan fingerprint density at radius 2 is 0.865 bits per heavy atom. The summed E-state index contributed by atoms with van der Waals surface area (Å²) >= 11 is -5.26. The molecule has 6 rings (SSSR count). The van der Waals surface area contributed by atoms with E-state index in [-0.39, 0.29) is 11.1 Å². The van der Waals surface area contributed by atoms with Crippen molar-refractivity contribution in [2.24, 2.45) is 0 Å². The second-order valence-electron chi connectivity index (χ2n) is 9.20. The van der Waals surface area contributed by atoms with Crippen molar-refractivity contribution in [3.63, 3.8) is 0 Å². The average Bonchev–Trinajstić information content (AvgIpc) is 3.26. The molecule has 0 bridgehead atoms. The summed E-state index contributed by atoms with van der Waals surface area (Å²) in [6.07, 6.45) is -4.74. The first-order valence-corrected chi connectivity index (χ1v) is 16.6. The Morgan fingerprint density at radius 3 is 1.30 bits per heavy atom. The molecule has 184 valence electrons. The zero-order chi connectivity index (χ0) is 25.6. The summed E-state index contributed by atoms with van der Waals surface area (Å²) < 4.78 is 57.3. The molecule has 1 aliphatic rings. The molecule has 1 atom stereocenters. The first-order chi connectivity index (χ1) is 17.9. The van der Waals surface area contributed by atoms with Crippen molar-refractivity contribution >= 4 is 30.2 Å². The SMILES string of the molecule is FC(F)(F)[C@]1(c2ccccc2)O[As](c2ccccc2)(c2ccccc2)(c2ccccc2)c2ccccc21. The predicted molar refractivity (Wildman–Crippen MR) is 144 cm³/mol. The molecule has 0 unspecified atom stereocenters. The third-order valence-electron chi connectivity index (χ3n) is 7.39. The summed E-state index contributed by atoms with van der Waals surface area (Å²) in [5.74, 6) is 0. The van der Waals surface area contributed by atoms with Crippen molar-refractivity contribution in [1.82, 2.24) is 0 Å². The zero-order valence-electron chi connectivity index (χ0n) is 19.8. The van der Waals surface area contributed by atoms with E-state index in [1.807, 2.05) is 103 Å². The molecule has 5 aromatic carbocycles. The minimum absolute atomic E-state index is 0.0716. The van der Waals surface area contributed by atoms with E-state index >= 15 is 13.2 Å². The van der Waals surface area contributed by atoms with E-state index < -0.39 is 24.6 Å². The molecule has 0 radical (unpaired) electrons. The number of rotatable bonds is 4. The summed E-state index contributed by atoms with van der Waals surface area (Å²) in [6, 6.07) is 43.6. The van der Waals surface area contributed by atoms with Crippen molar-refractivity contribution in [1.29, 1.82) is 0 Å². The molecule has 0 spiro atoms. The maximum atomic E-state index is 15.7. The van der Waals surface area contributed by atoms with Gasteiger partial charge in [-0.2, -0.15) is 0 Å². The van der Waals surface area contributed by atoms with Crippen LogP contribution in [0.5, 0.6) is 0 Å². The fourth-order valence-corrected chi connectivity index (χ4v) is 19.1. The van der Waals surface area contributed by atoms with Gasteiger partial charge in [-0.25, -0.2) is 0 Å². The Morgan fingerprint density at radius 1 is 0.486 bits per heavy atom. The van der Waals surface area contributed by atoms with E-state index in [1.54, 1.807) is 30.3 Å². The van der Waals surface area contributed by atoms with Gasteiger partial charge in [-0.3, -0.25) is 0 Å². The number of halogens is 3. The Bertz CT molecular complexity index is 1440. The van der Waals surface area contributed by atoms with Gasteiger partial charge in [0, 0.05) is 0 Å². The van der Waals surface area contributed by atoms with Gasteiger partial charge < -0.3 is 0 Å². The monoisotopic (exact) mass is 556 g/mol. The Kier molecular flexibility index (Phi) is 5.45. The second kappa shape index (κ2) is 8.48. The Hall–Kier alpha value is -3.59. The standard InChI is InChI=1S/C32H24AsF3O/c34-32(35,36)31(25-15-5-1-6-16-25)29-23-13-14-24-30(29)33(37-31,26-17-7-2-8-18-26,27-19-9-3-10-20-27)28-21-11-4-12-22-28/h1-24H/t31-/m1/s1. The van der Waals surface area contributed by atoms with E-state index in [0.717, 1.165) is 13.1 Å². The fraction of sp³-hybridized carbons (Fsp3) is 0.0625. The van der Waals surface area contributed by atoms with Crippen LogP contribution >= 0.6 is 0 Å². The molecular weight excluding hydrogens is 532 g/mol. The summed E-state index contributed by atoms with van der Waals surface area (Å²) in [7, 11) is 0. The van der Waals surface area contributed by atoms with Crippen molar-refractivity contribution in [3.8, 4) is 0 Å². The van der Waals surface area contributed by atoms with Crippen molar-refractivity contribution in [2.45, 2.75) is 11.8 Å². The van der Waals surface area contributed by atoms with E-state index in [0.29, 0.717) is 4.35 Å². The van der Waals surface area contributed by atoms with Gasteiger partial charge >= 0.3 is 216 Å². The van der Waals surface area contributed by atoms with Gasteiger partial charge in [0.15, 0.2) is 0 Å². The van der Waals surface area contributed by atoms with Crippen LogP contribution in [0.1, 0.15) is 11.1 Å². The van der Waals surface area contributed by atoms with Crippen LogP contribution in [0.2, 0.25) is 0 Å². The normalized spacial score (nSPS) is 20.9. The average molecular weight is 556 g/mol. The minimum atomic E-state index is -5.26. The first kappa shape index (κ1) is 23.8. The van der Waals surface area contributed by atoms with Crippen molar-refractivity contribution in [3.05, 3.63) is 157 Å². The van der Waals surface area contributed by atoms with Crippen LogP contribution in [-0.2, 0) is 9.33 Å². The molecule has 0 aromatic heterocycles. The number of hydrogen-bond acceptors (Lipinski definition) is 1. The summed E-state index contributed by atoms with van der Waals surface area (Å²) in [6.45, 7) is 0. The Balaban J connectivity index is 1.91. The van der Waals surface area contributed by atoms with Crippen molar-refractivity contribution in [2.75, 3.05) is 0 Å². The van der Waals surface area contributed by atoms with Crippen LogP contribution in [0.4, 0.5) is 13.2 Å². The van der Waals surface area contributed by atoms with Gasteiger partial charge in [0.25, 0.3) is 0 Å². The van der Waals surface area contributed by atoms with Crippen LogP contribution in [0.25, 0.3) is 0 Å². The van der Waals surface area contributed by atoms with Gasteiger partial charge in [-0.1, -0.05) is 0 Å². The zero-order valence-corrected chi connectivity index (χ0v) is 21.7. The molecule has 1 heterocycles. The predicted octanol–water partition coefficient (Wildman–Crippen LogP) is 5.35. The summed E-state index contributed by atoms with van der Waals surface area (Å²) in [5.41, 5.74) is -2.43. The van der Waals surface area contributed by atoms with E-state index in [1.165, 1.54) is 12.1 Å². The molecule has 0 amide bonds. The molecule has 1 aliphatic heterocycles.